The molecular weight excluding hydrogens is 290 g/mol. The highest BCUT2D eigenvalue weighted by molar-refractivity contribution is 5.79. The van der Waals surface area contributed by atoms with Crippen molar-refractivity contribution < 1.29 is 9.53 Å². The van der Waals surface area contributed by atoms with Crippen molar-refractivity contribution in [2.24, 2.45) is 5.92 Å². The first kappa shape index (κ1) is 16.4. The van der Waals surface area contributed by atoms with Gasteiger partial charge in [0.05, 0.1) is 12.3 Å². The lowest BCUT2D eigenvalue weighted by atomic mass is 9.90. The molecule has 126 valence electrons. The van der Waals surface area contributed by atoms with Gasteiger partial charge in [0, 0.05) is 43.8 Å². The molecule has 0 atom stereocenters. The normalized spacial score (nSPS) is 20.2. The number of carbonyl (C=O) groups excluding carboxylic acids is 1. The van der Waals surface area contributed by atoms with Crippen molar-refractivity contribution in [1.82, 2.24) is 14.9 Å². The summed E-state index contributed by atoms with van der Waals surface area (Å²) in [6, 6.07) is 0. The van der Waals surface area contributed by atoms with Crippen molar-refractivity contribution in [2.75, 3.05) is 20.2 Å². The van der Waals surface area contributed by atoms with E-state index >= 15 is 0 Å². The van der Waals surface area contributed by atoms with E-state index in [1.807, 2.05) is 13.1 Å². The Morgan fingerprint density at radius 3 is 2.61 bits per heavy atom. The van der Waals surface area contributed by atoms with Crippen LogP contribution >= 0.6 is 0 Å². The van der Waals surface area contributed by atoms with Gasteiger partial charge < -0.3 is 9.64 Å². The van der Waals surface area contributed by atoms with E-state index in [2.05, 4.69) is 14.9 Å². The summed E-state index contributed by atoms with van der Waals surface area (Å²) < 4.78 is 5.28. The Balaban J connectivity index is 1.64. The van der Waals surface area contributed by atoms with Crippen LogP contribution in [-0.2, 0) is 16.1 Å². The molecule has 23 heavy (non-hydrogen) atoms. The molecule has 5 nitrogen and oxygen atoms in total. The standard InChI is InChI=1S/C18H27N3O2/c1-13-19-11-16(12-23-2)17(20-13)14-7-9-21(10-8-14)18(22)15-5-3-4-6-15/h11,14-15H,3-10,12H2,1-2H3. The molecule has 2 heterocycles. The van der Waals surface area contributed by atoms with Crippen LogP contribution in [0.5, 0.6) is 0 Å². The quantitative estimate of drug-likeness (QED) is 0.857. The fraction of sp³-hybridized carbons (Fsp3) is 0.722. The lowest BCUT2D eigenvalue weighted by Gasteiger charge is -2.34. The van der Waals surface area contributed by atoms with Crippen molar-refractivity contribution >= 4 is 5.91 Å². The van der Waals surface area contributed by atoms with E-state index in [1.54, 1.807) is 7.11 Å². The summed E-state index contributed by atoms with van der Waals surface area (Å²) in [5.41, 5.74) is 2.20. The molecule has 0 bridgehead atoms. The first-order chi connectivity index (χ1) is 11.2. The van der Waals surface area contributed by atoms with E-state index in [-0.39, 0.29) is 5.92 Å². The van der Waals surface area contributed by atoms with Gasteiger partial charge in [0.1, 0.15) is 5.82 Å². The number of aryl methyl sites for hydroxylation is 1. The Hall–Kier alpha value is -1.49. The third kappa shape index (κ3) is 3.71. The van der Waals surface area contributed by atoms with E-state index in [9.17, 15) is 4.79 Å². The highest BCUT2D eigenvalue weighted by Gasteiger charge is 2.31. The summed E-state index contributed by atoms with van der Waals surface area (Å²) in [5, 5.41) is 0. The first-order valence-electron chi connectivity index (χ1n) is 8.79. The molecule has 5 heteroatoms. The summed E-state index contributed by atoms with van der Waals surface area (Å²) in [7, 11) is 1.70. The average molecular weight is 317 g/mol. The molecule has 1 aromatic heterocycles. The third-order valence-electron chi connectivity index (χ3n) is 5.22. The number of ether oxygens (including phenoxy) is 1. The molecule has 2 fully saturated rings. The molecule has 0 spiro atoms. The second-order valence-electron chi connectivity index (χ2n) is 6.84. The maximum absolute atomic E-state index is 12.5. The van der Waals surface area contributed by atoms with Crippen LogP contribution in [0.3, 0.4) is 0 Å². The summed E-state index contributed by atoms with van der Waals surface area (Å²) in [5.74, 6) is 1.90. The molecule has 1 aliphatic heterocycles. The molecule has 2 aliphatic rings. The monoisotopic (exact) mass is 317 g/mol. The zero-order valence-corrected chi connectivity index (χ0v) is 14.3. The molecule has 0 N–H and O–H groups in total. The van der Waals surface area contributed by atoms with E-state index in [1.165, 1.54) is 12.8 Å². The maximum atomic E-state index is 12.5. The highest BCUT2D eigenvalue weighted by atomic mass is 16.5. The number of aromatic nitrogens is 2. The molecule has 1 aromatic rings. The number of nitrogens with zero attached hydrogens (tertiary/aromatic N) is 3. The van der Waals surface area contributed by atoms with E-state index < -0.39 is 0 Å². The highest BCUT2D eigenvalue weighted by Crippen LogP contribution is 2.32. The van der Waals surface area contributed by atoms with E-state index in [0.717, 1.165) is 55.9 Å². The largest absolute Gasteiger partial charge is 0.380 e. The number of rotatable bonds is 4. The molecule has 1 aliphatic carbocycles. The minimum absolute atomic E-state index is 0.289. The second kappa shape index (κ2) is 7.39. The summed E-state index contributed by atoms with van der Waals surface area (Å²) in [6.45, 7) is 4.20. The number of carbonyl (C=O) groups is 1. The van der Waals surface area contributed by atoms with Gasteiger partial charge in [-0.05, 0) is 32.6 Å². The van der Waals surface area contributed by atoms with E-state index in [0.29, 0.717) is 18.4 Å². The number of hydrogen-bond donors (Lipinski definition) is 0. The zero-order valence-electron chi connectivity index (χ0n) is 14.3. The fourth-order valence-electron chi connectivity index (χ4n) is 3.94. The molecule has 0 aromatic carbocycles. The summed E-state index contributed by atoms with van der Waals surface area (Å²) in [6.07, 6.45) is 8.47. The van der Waals surface area contributed by atoms with Crippen molar-refractivity contribution in [3.63, 3.8) is 0 Å². The minimum Gasteiger partial charge on any atom is -0.380 e. The Bertz CT molecular complexity index is 547. The molecule has 1 saturated heterocycles. The lowest BCUT2D eigenvalue weighted by molar-refractivity contribution is -0.136. The van der Waals surface area contributed by atoms with Crippen molar-refractivity contribution in [3.05, 3.63) is 23.3 Å². The van der Waals surface area contributed by atoms with Gasteiger partial charge in [0.2, 0.25) is 5.91 Å². The van der Waals surface area contributed by atoms with Gasteiger partial charge >= 0.3 is 0 Å². The van der Waals surface area contributed by atoms with Crippen LogP contribution in [-0.4, -0.2) is 41.0 Å². The number of methoxy groups -OCH3 is 1. The van der Waals surface area contributed by atoms with Crippen LogP contribution in [0.2, 0.25) is 0 Å². The Morgan fingerprint density at radius 2 is 1.96 bits per heavy atom. The van der Waals surface area contributed by atoms with Crippen LogP contribution in [0.15, 0.2) is 6.20 Å². The van der Waals surface area contributed by atoms with Crippen LogP contribution in [0.25, 0.3) is 0 Å². The Kier molecular flexibility index (Phi) is 5.26. The first-order valence-corrected chi connectivity index (χ1v) is 8.79. The van der Waals surface area contributed by atoms with Gasteiger partial charge in [-0.2, -0.15) is 0 Å². The molecule has 0 unspecified atom stereocenters. The van der Waals surface area contributed by atoms with Gasteiger partial charge in [-0.3, -0.25) is 4.79 Å². The lowest BCUT2D eigenvalue weighted by Crippen LogP contribution is -2.41. The molecule has 1 amide bonds. The number of hydrogen-bond acceptors (Lipinski definition) is 4. The minimum atomic E-state index is 0.289. The number of piperidine rings is 1. The fourth-order valence-corrected chi connectivity index (χ4v) is 3.94. The zero-order chi connectivity index (χ0) is 16.2. The van der Waals surface area contributed by atoms with Crippen LogP contribution in [0.1, 0.15) is 61.5 Å². The van der Waals surface area contributed by atoms with Crippen molar-refractivity contribution in [1.29, 1.82) is 0 Å². The van der Waals surface area contributed by atoms with Crippen molar-refractivity contribution in [3.8, 4) is 0 Å². The maximum Gasteiger partial charge on any atom is 0.225 e. The summed E-state index contributed by atoms with van der Waals surface area (Å²) in [4.78, 5) is 23.6. The van der Waals surface area contributed by atoms with Crippen LogP contribution < -0.4 is 0 Å². The van der Waals surface area contributed by atoms with Crippen molar-refractivity contribution in [2.45, 2.75) is 58.0 Å². The van der Waals surface area contributed by atoms with Crippen LogP contribution in [0, 0.1) is 12.8 Å². The Labute approximate surface area is 138 Å². The number of amides is 1. The van der Waals surface area contributed by atoms with Gasteiger partial charge in [-0.25, -0.2) is 9.97 Å². The molecular formula is C18H27N3O2. The van der Waals surface area contributed by atoms with Crippen LogP contribution in [0.4, 0.5) is 0 Å². The van der Waals surface area contributed by atoms with Gasteiger partial charge in [0.15, 0.2) is 0 Å². The predicted molar refractivity (Wildman–Crippen MR) is 88.0 cm³/mol. The van der Waals surface area contributed by atoms with Gasteiger partial charge in [-0.1, -0.05) is 12.8 Å². The second-order valence-corrected chi connectivity index (χ2v) is 6.84. The third-order valence-corrected chi connectivity index (χ3v) is 5.22. The predicted octanol–water partition coefficient (Wildman–Crippen LogP) is 2.83. The smallest absolute Gasteiger partial charge is 0.225 e. The molecule has 1 saturated carbocycles. The van der Waals surface area contributed by atoms with Gasteiger partial charge in [-0.15, -0.1) is 0 Å². The molecule has 0 radical (unpaired) electrons. The average Bonchev–Trinajstić information content (AvgIpc) is 3.11. The summed E-state index contributed by atoms with van der Waals surface area (Å²) >= 11 is 0. The number of likely N-dealkylation sites (tertiary alicyclic amines) is 1. The SMILES string of the molecule is COCc1cnc(C)nc1C1CCN(C(=O)C2CCCC2)CC1. The van der Waals surface area contributed by atoms with Gasteiger partial charge in [0.25, 0.3) is 0 Å². The Morgan fingerprint density at radius 1 is 1.26 bits per heavy atom. The molecule has 3 rings (SSSR count). The van der Waals surface area contributed by atoms with E-state index in [4.69, 9.17) is 4.74 Å². The topological polar surface area (TPSA) is 55.3 Å².